The molecule has 92 valence electrons. The number of hydrogen-bond acceptors (Lipinski definition) is 3. The second-order valence-corrected chi connectivity index (χ2v) is 6.28. The normalized spacial score (nSPS) is 12.9. The largest absolute Gasteiger partial charge is 0.453 e. The van der Waals surface area contributed by atoms with Crippen LogP contribution in [0.25, 0.3) is 0 Å². The molecule has 2 aromatic heterocycles. The molecule has 2 aromatic rings. The summed E-state index contributed by atoms with van der Waals surface area (Å²) < 4.78 is 7.59. The summed E-state index contributed by atoms with van der Waals surface area (Å²) in [5.74, 6) is 0.971. The van der Waals surface area contributed by atoms with Crippen molar-refractivity contribution in [2.45, 2.75) is 19.4 Å². The molecule has 0 saturated heterocycles. The molecule has 2 nitrogen and oxygen atoms in total. The predicted molar refractivity (Wildman–Crippen MR) is 78.5 cm³/mol. The Bertz CT molecular complexity index is 480. The third-order valence-electron chi connectivity index (χ3n) is 2.47. The Kier molecular flexibility index (Phi) is 4.85. The average molecular weight is 379 g/mol. The van der Waals surface area contributed by atoms with E-state index in [4.69, 9.17) is 4.42 Å². The molecule has 5 heteroatoms. The highest BCUT2D eigenvalue weighted by molar-refractivity contribution is 9.10. The number of thiophene rings is 1. The molecule has 1 N–H and O–H groups in total. The van der Waals surface area contributed by atoms with Gasteiger partial charge in [0.05, 0.1) is 6.04 Å². The van der Waals surface area contributed by atoms with Crippen LogP contribution in [0.2, 0.25) is 0 Å². The van der Waals surface area contributed by atoms with Gasteiger partial charge in [-0.3, -0.25) is 0 Å². The Labute approximate surface area is 122 Å². The fourth-order valence-electron chi connectivity index (χ4n) is 1.69. The first-order chi connectivity index (χ1) is 8.20. The van der Waals surface area contributed by atoms with Crippen LogP contribution in [-0.4, -0.2) is 6.54 Å². The van der Waals surface area contributed by atoms with Gasteiger partial charge in [-0.15, -0.1) is 11.3 Å². The summed E-state index contributed by atoms with van der Waals surface area (Å²) in [6.07, 6.45) is 0.937. The summed E-state index contributed by atoms with van der Waals surface area (Å²) in [7, 11) is 0. The first-order valence-corrected chi connectivity index (χ1v) is 7.87. The van der Waals surface area contributed by atoms with E-state index in [1.54, 1.807) is 11.3 Å². The lowest BCUT2D eigenvalue weighted by atomic mass is 10.1. The Hall–Kier alpha value is -0.100. The standard InChI is InChI=1S/C12H13Br2NOS/c1-2-15-9(10-3-4-12(14)16-10)7-11-8(13)5-6-17-11/h3-6,9,15H,2,7H2,1H3. The molecule has 0 aliphatic heterocycles. The molecule has 0 saturated carbocycles. The van der Waals surface area contributed by atoms with Gasteiger partial charge in [0.15, 0.2) is 4.67 Å². The van der Waals surface area contributed by atoms with Crippen LogP contribution in [0.4, 0.5) is 0 Å². The molecule has 2 heterocycles. The maximum atomic E-state index is 5.63. The number of halogens is 2. The van der Waals surface area contributed by atoms with Crippen LogP contribution >= 0.6 is 43.2 Å². The SMILES string of the molecule is CCNC(Cc1sccc1Br)c1ccc(Br)o1. The van der Waals surface area contributed by atoms with Crippen LogP contribution in [0.15, 0.2) is 37.1 Å². The van der Waals surface area contributed by atoms with Gasteiger partial charge in [0.25, 0.3) is 0 Å². The number of hydrogen-bond donors (Lipinski definition) is 1. The zero-order chi connectivity index (χ0) is 12.3. The lowest BCUT2D eigenvalue weighted by molar-refractivity contribution is 0.406. The van der Waals surface area contributed by atoms with Crippen molar-refractivity contribution in [1.82, 2.24) is 5.32 Å². The molecule has 0 spiro atoms. The molecule has 0 radical (unpaired) electrons. The monoisotopic (exact) mass is 377 g/mol. The summed E-state index contributed by atoms with van der Waals surface area (Å²) in [6.45, 7) is 3.03. The first-order valence-electron chi connectivity index (χ1n) is 5.41. The van der Waals surface area contributed by atoms with E-state index in [9.17, 15) is 0 Å². The van der Waals surface area contributed by atoms with Crippen molar-refractivity contribution in [3.8, 4) is 0 Å². The smallest absolute Gasteiger partial charge is 0.169 e. The molecular weight excluding hydrogens is 366 g/mol. The van der Waals surface area contributed by atoms with Gasteiger partial charge < -0.3 is 9.73 Å². The second kappa shape index (κ2) is 6.18. The average Bonchev–Trinajstić information content (AvgIpc) is 2.88. The highest BCUT2D eigenvalue weighted by Crippen LogP contribution is 2.29. The lowest BCUT2D eigenvalue weighted by Gasteiger charge is -2.14. The van der Waals surface area contributed by atoms with Gasteiger partial charge in [0, 0.05) is 15.8 Å². The first kappa shape index (κ1) is 13.3. The maximum Gasteiger partial charge on any atom is 0.169 e. The Morgan fingerprint density at radius 1 is 1.35 bits per heavy atom. The van der Waals surface area contributed by atoms with Crippen LogP contribution in [0.1, 0.15) is 23.6 Å². The van der Waals surface area contributed by atoms with Crippen LogP contribution in [0.5, 0.6) is 0 Å². The third kappa shape index (κ3) is 3.44. The summed E-state index contributed by atoms with van der Waals surface area (Å²) in [5, 5.41) is 5.55. The van der Waals surface area contributed by atoms with Crippen molar-refractivity contribution < 1.29 is 4.42 Å². The van der Waals surface area contributed by atoms with E-state index in [-0.39, 0.29) is 6.04 Å². The molecular formula is C12H13Br2NOS. The Morgan fingerprint density at radius 3 is 2.71 bits per heavy atom. The van der Waals surface area contributed by atoms with E-state index in [0.29, 0.717) is 0 Å². The molecule has 0 aliphatic rings. The molecule has 0 amide bonds. The quantitative estimate of drug-likeness (QED) is 0.811. The minimum absolute atomic E-state index is 0.223. The summed E-state index contributed by atoms with van der Waals surface area (Å²) in [6, 6.07) is 6.25. The zero-order valence-corrected chi connectivity index (χ0v) is 13.4. The number of nitrogens with one attached hydrogen (secondary N) is 1. The number of rotatable bonds is 5. The Balaban J connectivity index is 2.15. The van der Waals surface area contributed by atoms with Gasteiger partial charge in [-0.25, -0.2) is 0 Å². The molecule has 0 bridgehead atoms. The van der Waals surface area contributed by atoms with Gasteiger partial charge in [0.1, 0.15) is 5.76 Å². The van der Waals surface area contributed by atoms with Gasteiger partial charge >= 0.3 is 0 Å². The highest BCUT2D eigenvalue weighted by Gasteiger charge is 2.17. The summed E-state index contributed by atoms with van der Waals surface area (Å²) in [5.41, 5.74) is 0. The number of likely N-dealkylation sites (N-methyl/N-ethyl adjacent to an activating group) is 1. The molecule has 0 aliphatic carbocycles. The van der Waals surface area contributed by atoms with Crippen molar-refractivity contribution in [3.63, 3.8) is 0 Å². The molecule has 2 rings (SSSR count). The van der Waals surface area contributed by atoms with Gasteiger partial charge in [-0.2, -0.15) is 0 Å². The highest BCUT2D eigenvalue weighted by atomic mass is 79.9. The third-order valence-corrected chi connectivity index (χ3v) is 4.84. The maximum absolute atomic E-state index is 5.63. The van der Waals surface area contributed by atoms with Crippen molar-refractivity contribution >= 4 is 43.2 Å². The molecule has 1 atom stereocenters. The fourth-order valence-corrected chi connectivity index (χ4v) is 3.57. The molecule has 0 aromatic carbocycles. The van der Waals surface area contributed by atoms with Gasteiger partial charge in [-0.05, 0) is 62.0 Å². The van der Waals surface area contributed by atoms with Crippen molar-refractivity contribution in [1.29, 1.82) is 0 Å². The van der Waals surface area contributed by atoms with E-state index in [1.807, 2.05) is 12.1 Å². The van der Waals surface area contributed by atoms with Crippen LogP contribution in [0, 0.1) is 0 Å². The summed E-state index contributed by atoms with van der Waals surface area (Å²) in [4.78, 5) is 1.34. The van der Waals surface area contributed by atoms with E-state index >= 15 is 0 Å². The Morgan fingerprint density at radius 2 is 2.18 bits per heavy atom. The summed E-state index contributed by atoms with van der Waals surface area (Å²) >= 11 is 8.67. The van der Waals surface area contributed by atoms with Gasteiger partial charge in [-0.1, -0.05) is 6.92 Å². The lowest BCUT2D eigenvalue weighted by Crippen LogP contribution is -2.22. The van der Waals surface area contributed by atoms with E-state index in [1.165, 1.54) is 9.35 Å². The minimum atomic E-state index is 0.223. The van der Waals surface area contributed by atoms with Gasteiger partial charge in [0.2, 0.25) is 0 Å². The van der Waals surface area contributed by atoms with Crippen molar-refractivity contribution in [2.24, 2.45) is 0 Å². The van der Waals surface area contributed by atoms with Crippen molar-refractivity contribution in [2.75, 3.05) is 6.54 Å². The van der Waals surface area contributed by atoms with Crippen LogP contribution in [-0.2, 0) is 6.42 Å². The number of furan rings is 1. The predicted octanol–water partition coefficient (Wildman–Crippen LogP) is 4.76. The minimum Gasteiger partial charge on any atom is -0.453 e. The molecule has 17 heavy (non-hydrogen) atoms. The fraction of sp³-hybridized carbons (Fsp3) is 0.333. The van der Waals surface area contributed by atoms with E-state index < -0.39 is 0 Å². The van der Waals surface area contributed by atoms with E-state index in [2.05, 4.69) is 55.5 Å². The molecule has 0 fully saturated rings. The van der Waals surface area contributed by atoms with E-state index in [0.717, 1.165) is 23.4 Å². The zero-order valence-electron chi connectivity index (χ0n) is 9.37. The molecule has 1 unspecified atom stereocenters. The second-order valence-electron chi connectivity index (χ2n) is 3.65. The van der Waals surface area contributed by atoms with Crippen molar-refractivity contribution in [3.05, 3.63) is 43.4 Å². The van der Waals surface area contributed by atoms with Crippen LogP contribution in [0.3, 0.4) is 0 Å². The van der Waals surface area contributed by atoms with Crippen LogP contribution < -0.4 is 5.32 Å². The topological polar surface area (TPSA) is 25.2 Å².